The van der Waals surface area contributed by atoms with Gasteiger partial charge in [0.25, 0.3) is 0 Å². The van der Waals surface area contributed by atoms with Crippen LogP contribution in [-0.4, -0.2) is 18.3 Å². The number of nitrogens with one attached hydrogen (secondary N) is 1. The average Bonchev–Trinajstić information content (AvgIpc) is 2.52. The summed E-state index contributed by atoms with van der Waals surface area (Å²) in [7, 11) is 0. The quantitative estimate of drug-likeness (QED) is 0.726. The Hall–Kier alpha value is -1.84. The van der Waals surface area contributed by atoms with Gasteiger partial charge in [-0.05, 0) is 36.6 Å². The molecule has 0 aliphatic heterocycles. The molecule has 2 aromatic carbocycles. The predicted molar refractivity (Wildman–Crippen MR) is 86.3 cm³/mol. The molecule has 2 aromatic rings. The minimum absolute atomic E-state index is 0.430. The van der Waals surface area contributed by atoms with Gasteiger partial charge in [-0.2, -0.15) is 0 Å². The number of ether oxygens (including phenoxy) is 1. The van der Waals surface area contributed by atoms with Gasteiger partial charge < -0.3 is 15.2 Å². The Bertz CT molecular complexity index is 526. The second-order valence-corrected chi connectivity index (χ2v) is 5.12. The van der Waals surface area contributed by atoms with Gasteiger partial charge in [0.1, 0.15) is 0 Å². The number of anilines is 1. The van der Waals surface area contributed by atoms with Crippen molar-refractivity contribution < 1.29 is 9.84 Å². The zero-order valence-electron chi connectivity index (χ0n) is 12.5. The Morgan fingerprint density at radius 2 is 1.90 bits per heavy atom. The Balaban J connectivity index is 1.62. The average molecular weight is 285 g/mol. The minimum atomic E-state index is -0.430. The highest BCUT2D eigenvalue weighted by molar-refractivity contribution is 5.46. The molecule has 0 bridgehead atoms. The van der Waals surface area contributed by atoms with Gasteiger partial charge in [0.05, 0.1) is 12.7 Å². The summed E-state index contributed by atoms with van der Waals surface area (Å²) < 4.78 is 5.64. The summed E-state index contributed by atoms with van der Waals surface area (Å²) in [5.41, 5.74) is 3.17. The van der Waals surface area contributed by atoms with E-state index in [-0.39, 0.29) is 0 Å². The van der Waals surface area contributed by atoms with Crippen LogP contribution in [0.25, 0.3) is 0 Å². The first kappa shape index (κ1) is 15.5. The number of hydrogen-bond donors (Lipinski definition) is 2. The molecule has 0 amide bonds. The van der Waals surface area contributed by atoms with E-state index in [0.29, 0.717) is 6.61 Å². The van der Waals surface area contributed by atoms with Crippen LogP contribution in [0.4, 0.5) is 5.69 Å². The fourth-order valence-electron chi connectivity index (χ4n) is 2.08. The maximum atomic E-state index is 9.55. The summed E-state index contributed by atoms with van der Waals surface area (Å²) in [4.78, 5) is 0. The van der Waals surface area contributed by atoms with Crippen molar-refractivity contribution in [2.24, 2.45) is 0 Å². The van der Waals surface area contributed by atoms with Crippen LogP contribution in [0.5, 0.6) is 0 Å². The van der Waals surface area contributed by atoms with Gasteiger partial charge in [0, 0.05) is 18.8 Å². The van der Waals surface area contributed by atoms with E-state index in [4.69, 9.17) is 4.74 Å². The second-order valence-electron chi connectivity index (χ2n) is 5.12. The topological polar surface area (TPSA) is 41.5 Å². The first-order chi connectivity index (χ1) is 10.3. The molecule has 2 rings (SSSR count). The van der Waals surface area contributed by atoms with Gasteiger partial charge in [0.15, 0.2) is 0 Å². The third-order valence-corrected chi connectivity index (χ3v) is 3.28. The van der Waals surface area contributed by atoms with Crippen molar-refractivity contribution in [1.29, 1.82) is 0 Å². The lowest BCUT2D eigenvalue weighted by Gasteiger charge is -2.10. The van der Waals surface area contributed by atoms with Crippen LogP contribution >= 0.6 is 0 Å². The highest BCUT2D eigenvalue weighted by Crippen LogP contribution is 2.16. The lowest BCUT2D eigenvalue weighted by molar-refractivity contribution is 0.120. The molecule has 0 saturated carbocycles. The summed E-state index contributed by atoms with van der Waals surface area (Å²) in [6.45, 7) is 4.03. The fraction of sp³-hybridized carbons (Fsp3) is 0.333. The molecular formula is C18H23NO2. The molecule has 0 radical (unpaired) electrons. The first-order valence-corrected chi connectivity index (χ1v) is 7.39. The van der Waals surface area contributed by atoms with Gasteiger partial charge in [-0.15, -0.1) is 0 Å². The summed E-state index contributed by atoms with van der Waals surface area (Å²) in [6, 6.07) is 18.1. The van der Waals surface area contributed by atoms with E-state index in [1.54, 1.807) is 6.92 Å². The van der Waals surface area contributed by atoms with Gasteiger partial charge >= 0.3 is 0 Å². The largest absolute Gasteiger partial charge is 0.389 e. The van der Waals surface area contributed by atoms with Crippen molar-refractivity contribution in [3.8, 4) is 0 Å². The van der Waals surface area contributed by atoms with Crippen molar-refractivity contribution >= 4 is 5.69 Å². The maximum Gasteiger partial charge on any atom is 0.0762 e. The lowest BCUT2D eigenvalue weighted by atomic mass is 10.1. The van der Waals surface area contributed by atoms with Gasteiger partial charge in [-0.25, -0.2) is 0 Å². The van der Waals surface area contributed by atoms with Crippen LogP contribution < -0.4 is 5.32 Å². The SMILES string of the molecule is C[C@@H](O)c1cccc(NCCCOCc2ccccc2)c1. The molecule has 0 spiro atoms. The molecule has 0 aliphatic rings. The van der Waals surface area contributed by atoms with Crippen LogP contribution in [0.3, 0.4) is 0 Å². The van der Waals surface area contributed by atoms with E-state index >= 15 is 0 Å². The summed E-state index contributed by atoms with van der Waals surface area (Å²) >= 11 is 0. The molecule has 0 aromatic heterocycles. The Labute approximate surface area is 126 Å². The zero-order chi connectivity index (χ0) is 14.9. The molecule has 1 atom stereocenters. The van der Waals surface area contributed by atoms with Gasteiger partial charge in [0.2, 0.25) is 0 Å². The van der Waals surface area contributed by atoms with Gasteiger partial charge in [-0.1, -0.05) is 42.5 Å². The smallest absolute Gasteiger partial charge is 0.0762 e. The van der Waals surface area contributed by atoms with Crippen LogP contribution in [0.1, 0.15) is 30.6 Å². The highest BCUT2D eigenvalue weighted by Gasteiger charge is 2.01. The third-order valence-electron chi connectivity index (χ3n) is 3.28. The number of benzene rings is 2. The molecule has 0 unspecified atom stereocenters. The van der Waals surface area contributed by atoms with Crippen molar-refractivity contribution in [2.45, 2.75) is 26.1 Å². The van der Waals surface area contributed by atoms with E-state index in [1.807, 2.05) is 42.5 Å². The monoisotopic (exact) mass is 285 g/mol. The highest BCUT2D eigenvalue weighted by atomic mass is 16.5. The van der Waals surface area contributed by atoms with Crippen molar-refractivity contribution in [1.82, 2.24) is 0 Å². The molecule has 0 heterocycles. The van der Waals surface area contributed by atoms with Crippen LogP contribution in [0.15, 0.2) is 54.6 Å². The minimum Gasteiger partial charge on any atom is -0.389 e. The Kier molecular flexibility index (Phi) is 6.25. The summed E-state index contributed by atoms with van der Waals surface area (Å²) in [6.07, 6.45) is 0.520. The normalized spacial score (nSPS) is 12.1. The molecule has 3 nitrogen and oxygen atoms in total. The third kappa shape index (κ3) is 5.58. The lowest BCUT2D eigenvalue weighted by Crippen LogP contribution is -2.06. The second kappa shape index (κ2) is 8.45. The Morgan fingerprint density at radius 3 is 2.67 bits per heavy atom. The van der Waals surface area contributed by atoms with Crippen LogP contribution in [0.2, 0.25) is 0 Å². The van der Waals surface area contributed by atoms with Crippen molar-refractivity contribution in [3.63, 3.8) is 0 Å². The van der Waals surface area contributed by atoms with E-state index < -0.39 is 6.10 Å². The summed E-state index contributed by atoms with van der Waals surface area (Å²) in [5.74, 6) is 0. The Morgan fingerprint density at radius 1 is 1.10 bits per heavy atom. The van der Waals surface area contributed by atoms with E-state index in [1.165, 1.54) is 5.56 Å². The van der Waals surface area contributed by atoms with E-state index in [0.717, 1.165) is 30.8 Å². The van der Waals surface area contributed by atoms with Crippen LogP contribution in [-0.2, 0) is 11.3 Å². The first-order valence-electron chi connectivity index (χ1n) is 7.39. The molecule has 2 N–H and O–H groups in total. The molecule has 21 heavy (non-hydrogen) atoms. The fourth-order valence-corrected chi connectivity index (χ4v) is 2.08. The maximum absolute atomic E-state index is 9.55. The molecule has 3 heteroatoms. The van der Waals surface area contributed by atoms with Crippen molar-refractivity contribution in [2.75, 3.05) is 18.5 Å². The van der Waals surface area contributed by atoms with Gasteiger partial charge in [-0.3, -0.25) is 0 Å². The van der Waals surface area contributed by atoms with E-state index in [9.17, 15) is 5.11 Å². The van der Waals surface area contributed by atoms with E-state index in [2.05, 4.69) is 17.4 Å². The molecule has 0 saturated heterocycles. The van der Waals surface area contributed by atoms with Crippen molar-refractivity contribution in [3.05, 3.63) is 65.7 Å². The predicted octanol–water partition coefficient (Wildman–Crippen LogP) is 3.76. The number of aliphatic hydroxyl groups is 1. The molecule has 0 fully saturated rings. The molecular weight excluding hydrogens is 262 g/mol. The summed E-state index contributed by atoms with van der Waals surface area (Å²) in [5, 5.41) is 12.9. The molecule has 112 valence electrons. The zero-order valence-corrected chi connectivity index (χ0v) is 12.5. The standard InChI is InChI=1S/C18H23NO2/c1-15(20)17-9-5-10-18(13-17)19-11-6-12-21-14-16-7-3-2-4-8-16/h2-5,7-10,13,15,19-20H,6,11-12,14H2,1H3/t15-/m1/s1. The molecule has 0 aliphatic carbocycles. The number of hydrogen-bond acceptors (Lipinski definition) is 3. The number of rotatable bonds is 8. The van der Waals surface area contributed by atoms with Crippen LogP contribution in [0, 0.1) is 0 Å². The number of aliphatic hydroxyl groups excluding tert-OH is 1.